The van der Waals surface area contributed by atoms with E-state index in [0.717, 1.165) is 0 Å². The van der Waals surface area contributed by atoms with Crippen LogP contribution in [0.15, 0.2) is 24.4 Å². The summed E-state index contributed by atoms with van der Waals surface area (Å²) in [7, 11) is -2.70. The minimum atomic E-state index is -2.70. The first-order valence-electron chi connectivity index (χ1n) is 5.03. The van der Waals surface area contributed by atoms with Crippen molar-refractivity contribution in [2.75, 3.05) is 0 Å². The number of ether oxygens (including phenoxy) is 1. The molecular formula is C11H21NO3S. The molecule has 0 aromatic carbocycles. The van der Waals surface area contributed by atoms with Gasteiger partial charge in [-0.15, -0.1) is 0 Å². The Morgan fingerprint density at radius 2 is 1.75 bits per heavy atom. The molecule has 0 saturated heterocycles. The second-order valence-electron chi connectivity index (χ2n) is 4.91. The molecule has 0 bridgehead atoms. The number of thiol groups is 1. The zero-order chi connectivity index (χ0) is 13.0. The predicted octanol–water partition coefficient (Wildman–Crippen LogP) is 1.77. The fraction of sp³-hybridized carbons (Fsp3) is 0.636. The summed E-state index contributed by atoms with van der Waals surface area (Å²) in [6, 6.07) is 0. The van der Waals surface area contributed by atoms with Crippen LogP contribution in [0.5, 0.6) is 0 Å². The van der Waals surface area contributed by atoms with Crippen molar-refractivity contribution in [3.63, 3.8) is 0 Å². The topological polar surface area (TPSA) is 55.4 Å². The Morgan fingerprint density at radius 3 is 2.06 bits per heavy atom. The third kappa shape index (κ3) is 5.92. The van der Waals surface area contributed by atoms with E-state index in [9.17, 15) is 8.42 Å². The second kappa shape index (κ2) is 5.50. The van der Waals surface area contributed by atoms with Gasteiger partial charge in [-0.2, -0.15) is 0 Å². The largest absolute Gasteiger partial charge is 0.364 e. The van der Waals surface area contributed by atoms with Crippen LogP contribution in [-0.4, -0.2) is 19.6 Å². The van der Waals surface area contributed by atoms with Gasteiger partial charge in [-0.3, -0.25) is 4.72 Å². The summed E-state index contributed by atoms with van der Waals surface area (Å²) in [6.07, 6.45) is 3.12. The minimum absolute atomic E-state index is 0.361. The molecule has 0 unspecified atom stereocenters. The molecule has 0 heterocycles. The first-order valence-corrected chi connectivity index (χ1v) is 6.20. The van der Waals surface area contributed by atoms with E-state index >= 15 is 0 Å². The number of rotatable bonds is 5. The Bertz CT molecular complexity index is 341. The van der Waals surface area contributed by atoms with Crippen LogP contribution in [0, 0.1) is 0 Å². The van der Waals surface area contributed by atoms with Crippen molar-refractivity contribution in [3.05, 3.63) is 24.4 Å². The first kappa shape index (κ1) is 15.2. The molecular weight excluding hydrogens is 226 g/mol. The second-order valence-corrected chi connectivity index (χ2v) is 5.65. The highest BCUT2D eigenvalue weighted by atomic mass is 32.2. The third-order valence-corrected chi connectivity index (χ3v) is 2.13. The van der Waals surface area contributed by atoms with E-state index < -0.39 is 16.5 Å². The highest BCUT2D eigenvalue weighted by Gasteiger charge is 2.29. The van der Waals surface area contributed by atoms with Gasteiger partial charge in [0, 0.05) is 0 Å². The summed E-state index contributed by atoms with van der Waals surface area (Å²) in [5.41, 5.74) is -0.615. The lowest BCUT2D eigenvalue weighted by molar-refractivity contribution is -0.0932. The molecule has 4 nitrogen and oxygen atoms in total. The Balaban J connectivity index is 5.04. The average molecular weight is 247 g/mol. The molecule has 0 aromatic heterocycles. The normalized spacial score (nSPS) is 14.0. The lowest BCUT2D eigenvalue weighted by atomic mass is 10.0. The van der Waals surface area contributed by atoms with Gasteiger partial charge >= 0.3 is 0 Å². The molecule has 0 amide bonds. The molecule has 0 aliphatic carbocycles. The molecule has 1 N–H and O–H groups in total. The van der Waals surface area contributed by atoms with Crippen molar-refractivity contribution < 1.29 is 13.2 Å². The van der Waals surface area contributed by atoms with Crippen LogP contribution in [0.25, 0.3) is 0 Å². The zero-order valence-electron chi connectivity index (χ0n) is 10.5. The summed E-state index contributed by atoms with van der Waals surface area (Å²) < 4.78 is 29.5. The van der Waals surface area contributed by atoms with E-state index in [2.05, 4.69) is 11.3 Å². The van der Waals surface area contributed by atoms with Crippen LogP contribution in [-0.2, 0) is 15.6 Å². The summed E-state index contributed by atoms with van der Waals surface area (Å²) in [5, 5.41) is 0. The smallest absolute Gasteiger partial charge is 0.222 e. The van der Waals surface area contributed by atoms with Crippen LogP contribution < -0.4 is 4.72 Å². The predicted molar refractivity (Wildman–Crippen MR) is 66.6 cm³/mol. The Hall–Kier alpha value is -0.810. The lowest BCUT2D eigenvalue weighted by Crippen LogP contribution is -2.40. The van der Waals surface area contributed by atoms with Crippen LogP contribution in [0.4, 0.5) is 0 Å². The van der Waals surface area contributed by atoms with Gasteiger partial charge in [-0.05, 0) is 40.7 Å². The van der Waals surface area contributed by atoms with Crippen molar-refractivity contribution in [2.45, 2.75) is 45.8 Å². The highest BCUT2D eigenvalue weighted by molar-refractivity contribution is 7.70. The minimum Gasteiger partial charge on any atom is -0.364 e. The summed E-state index contributed by atoms with van der Waals surface area (Å²) >= 11 is 0. The maximum Gasteiger partial charge on any atom is 0.222 e. The molecule has 0 aromatic rings. The Labute approximate surface area is 99.5 Å². The maximum atomic E-state index is 10.7. The Kier molecular flexibility index (Phi) is 5.22. The summed E-state index contributed by atoms with van der Waals surface area (Å²) in [5.74, 6) is 0. The maximum absolute atomic E-state index is 10.7. The van der Waals surface area contributed by atoms with Gasteiger partial charge in [0.05, 0.1) is 11.3 Å². The van der Waals surface area contributed by atoms with Crippen LogP contribution in [0.2, 0.25) is 0 Å². The van der Waals surface area contributed by atoms with E-state index in [0.29, 0.717) is 5.70 Å². The van der Waals surface area contributed by atoms with E-state index in [1.165, 1.54) is 6.08 Å². The van der Waals surface area contributed by atoms with E-state index in [1.807, 2.05) is 20.8 Å². The lowest BCUT2D eigenvalue weighted by Gasteiger charge is -2.35. The van der Waals surface area contributed by atoms with Crippen LogP contribution in [0.3, 0.4) is 0 Å². The molecule has 0 atom stereocenters. The Morgan fingerprint density at radius 1 is 1.25 bits per heavy atom. The molecule has 0 aliphatic heterocycles. The summed E-state index contributed by atoms with van der Waals surface area (Å²) in [6.45, 7) is 12.9. The van der Waals surface area contributed by atoms with Gasteiger partial charge in [-0.25, -0.2) is 8.42 Å². The van der Waals surface area contributed by atoms with Gasteiger partial charge < -0.3 is 4.74 Å². The van der Waals surface area contributed by atoms with E-state index in [4.69, 9.17) is 4.74 Å². The fourth-order valence-electron chi connectivity index (χ4n) is 1.41. The first-order chi connectivity index (χ1) is 7.08. The van der Waals surface area contributed by atoms with Gasteiger partial charge in [-0.1, -0.05) is 12.7 Å². The van der Waals surface area contributed by atoms with Crippen molar-refractivity contribution in [1.29, 1.82) is 0 Å². The van der Waals surface area contributed by atoms with E-state index in [1.54, 1.807) is 19.9 Å². The van der Waals surface area contributed by atoms with Crippen molar-refractivity contribution in [2.24, 2.45) is 0 Å². The molecule has 16 heavy (non-hydrogen) atoms. The molecule has 0 fully saturated rings. The van der Waals surface area contributed by atoms with Crippen molar-refractivity contribution in [1.82, 2.24) is 4.72 Å². The number of hydrogen-bond acceptors (Lipinski definition) is 3. The quantitative estimate of drug-likeness (QED) is 0.575. The number of nitrogens with one attached hydrogen (secondary N) is 1. The number of hydrogen-bond donors (Lipinski definition) is 2. The number of allylic oxidation sites excluding steroid dienone is 2. The third-order valence-electron chi connectivity index (χ3n) is 1.71. The molecule has 0 saturated carbocycles. The SMILES string of the molecule is C=C/C=C(/N[SH](=O)=O)C(C)(C)OC(C)(C)C. The molecule has 0 spiro atoms. The van der Waals surface area contributed by atoms with Crippen molar-refractivity contribution >= 4 is 10.9 Å². The van der Waals surface area contributed by atoms with Crippen molar-refractivity contribution in [3.8, 4) is 0 Å². The van der Waals surface area contributed by atoms with Crippen LogP contribution in [0.1, 0.15) is 34.6 Å². The van der Waals surface area contributed by atoms with Gasteiger partial charge in [0.15, 0.2) is 0 Å². The molecule has 94 valence electrons. The standard InChI is InChI=1S/C11H21NO3S/c1-7-8-9(12-16(13)14)11(5,6)15-10(2,3)4/h7-8,16H,1H2,2-6H3,(H,12,13,14)/b9-8+. The van der Waals surface area contributed by atoms with Crippen LogP contribution >= 0.6 is 0 Å². The molecule has 0 rings (SSSR count). The summed E-state index contributed by atoms with van der Waals surface area (Å²) in [4.78, 5) is 0. The monoisotopic (exact) mass is 247 g/mol. The van der Waals surface area contributed by atoms with Gasteiger partial charge in [0.25, 0.3) is 0 Å². The average Bonchev–Trinajstić information content (AvgIpc) is 1.97. The highest BCUT2D eigenvalue weighted by Crippen LogP contribution is 2.25. The van der Waals surface area contributed by atoms with E-state index in [-0.39, 0.29) is 5.60 Å². The van der Waals surface area contributed by atoms with Gasteiger partial charge in [0.1, 0.15) is 5.60 Å². The zero-order valence-corrected chi connectivity index (χ0v) is 11.4. The molecule has 0 aliphatic rings. The molecule has 5 heteroatoms. The fourth-order valence-corrected chi connectivity index (χ4v) is 1.95. The van der Waals surface area contributed by atoms with Gasteiger partial charge in [0.2, 0.25) is 10.9 Å². The molecule has 0 radical (unpaired) electrons.